The van der Waals surface area contributed by atoms with E-state index in [1.807, 2.05) is 43.5 Å². The number of aryl methyl sites for hydroxylation is 1. The molecule has 0 saturated heterocycles. The SMILES string of the molecule is Cc1[nH]nc2ncc(C(=O)NCc3ccc(-n4cccn4)cc3)cc12. The third kappa shape index (κ3) is 2.99. The number of fused-ring (bicyclic) bond motifs is 1. The molecule has 0 aliphatic carbocycles. The second kappa shape index (κ2) is 6.20. The molecule has 3 heterocycles. The maximum absolute atomic E-state index is 12.4. The van der Waals surface area contributed by atoms with E-state index in [4.69, 9.17) is 0 Å². The monoisotopic (exact) mass is 332 g/mol. The highest BCUT2D eigenvalue weighted by molar-refractivity contribution is 5.97. The minimum Gasteiger partial charge on any atom is -0.348 e. The topological polar surface area (TPSA) is 88.5 Å². The van der Waals surface area contributed by atoms with Crippen LogP contribution in [0.25, 0.3) is 16.7 Å². The number of aromatic amines is 1. The molecule has 25 heavy (non-hydrogen) atoms. The first kappa shape index (κ1) is 15.1. The molecule has 1 amide bonds. The first-order valence-corrected chi connectivity index (χ1v) is 7.88. The molecular formula is C18H16N6O. The molecule has 0 spiro atoms. The van der Waals surface area contributed by atoms with Gasteiger partial charge in [0, 0.05) is 36.2 Å². The first-order valence-electron chi connectivity index (χ1n) is 7.88. The van der Waals surface area contributed by atoms with Crippen molar-refractivity contribution in [1.82, 2.24) is 30.3 Å². The van der Waals surface area contributed by atoms with Crippen LogP contribution < -0.4 is 5.32 Å². The van der Waals surface area contributed by atoms with Gasteiger partial charge in [0.15, 0.2) is 5.65 Å². The largest absolute Gasteiger partial charge is 0.348 e. The maximum atomic E-state index is 12.4. The van der Waals surface area contributed by atoms with E-state index in [9.17, 15) is 4.79 Å². The predicted octanol–water partition coefficient (Wildman–Crippen LogP) is 2.38. The standard InChI is InChI=1S/C18H16N6O/c1-12-16-9-14(11-19-17(16)23-22-12)18(25)20-10-13-3-5-15(6-4-13)24-8-2-7-21-24/h2-9,11H,10H2,1H3,(H,20,25)(H,19,22,23). The lowest BCUT2D eigenvalue weighted by Gasteiger charge is -2.07. The molecule has 0 fully saturated rings. The Kier molecular flexibility index (Phi) is 3.74. The van der Waals surface area contributed by atoms with E-state index >= 15 is 0 Å². The smallest absolute Gasteiger partial charge is 0.253 e. The van der Waals surface area contributed by atoms with Crippen LogP contribution in [0.4, 0.5) is 0 Å². The molecule has 0 unspecified atom stereocenters. The number of benzene rings is 1. The van der Waals surface area contributed by atoms with Gasteiger partial charge >= 0.3 is 0 Å². The van der Waals surface area contributed by atoms with Crippen molar-refractivity contribution in [2.24, 2.45) is 0 Å². The molecule has 4 aromatic rings. The van der Waals surface area contributed by atoms with Crippen molar-refractivity contribution < 1.29 is 4.79 Å². The van der Waals surface area contributed by atoms with Crippen molar-refractivity contribution in [2.75, 3.05) is 0 Å². The van der Waals surface area contributed by atoms with Crippen molar-refractivity contribution in [2.45, 2.75) is 13.5 Å². The van der Waals surface area contributed by atoms with Crippen LogP contribution in [0.15, 0.2) is 55.0 Å². The summed E-state index contributed by atoms with van der Waals surface area (Å²) in [5.74, 6) is -0.161. The fraction of sp³-hybridized carbons (Fsp3) is 0.111. The zero-order valence-electron chi connectivity index (χ0n) is 13.6. The van der Waals surface area contributed by atoms with Gasteiger partial charge in [-0.05, 0) is 36.8 Å². The highest BCUT2D eigenvalue weighted by Crippen LogP contribution is 2.14. The molecule has 0 bridgehead atoms. The molecule has 0 saturated carbocycles. The molecule has 4 rings (SSSR count). The van der Waals surface area contributed by atoms with Crippen molar-refractivity contribution in [3.63, 3.8) is 0 Å². The van der Waals surface area contributed by atoms with Crippen LogP contribution in [0.2, 0.25) is 0 Å². The molecule has 7 heteroatoms. The number of pyridine rings is 1. The minimum atomic E-state index is -0.161. The van der Waals surface area contributed by atoms with Gasteiger partial charge in [0.2, 0.25) is 0 Å². The van der Waals surface area contributed by atoms with Gasteiger partial charge < -0.3 is 5.32 Å². The third-order valence-corrected chi connectivity index (χ3v) is 4.02. The molecule has 0 atom stereocenters. The zero-order chi connectivity index (χ0) is 17.2. The molecule has 7 nitrogen and oxygen atoms in total. The van der Waals surface area contributed by atoms with Crippen LogP contribution in [0.5, 0.6) is 0 Å². The van der Waals surface area contributed by atoms with Gasteiger partial charge in [-0.1, -0.05) is 12.1 Å². The lowest BCUT2D eigenvalue weighted by molar-refractivity contribution is 0.0950. The van der Waals surface area contributed by atoms with Crippen molar-refractivity contribution in [1.29, 1.82) is 0 Å². The second-order valence-corrected chi connectivity index (χ2v) is 5.74. The quantitative estimate of drug-likeness (QED) is 0.600. The Labute approximate surface area is 143 Å². The van der Waals surface area contributed by atoms with Crippen molar-refractivity contribution >= 4 is 16.9 Å². The number of carbonyl (C=O) groups excluding carboxylic acids is 1. The van der Waals surface area contributed by atoms with Gasteiger partial charge in [0.05, 0.1) is 11.3 Å². The molecule has 0 aliphatic rings. The van der Waals surface area contributed by atoms with E-state index in [-0.39, 0.29) is 5.91 Å². The number of amides is 1. The van der Waals surface area contributed by atoms with E-state index < -0.39 is 0 Å². The average molecular weight is 332 g/mol. The average Bonchev–Trinajstić information content (AvgIpc) is 3.30. The van der Waals surface area contributed by atoms with Gasteiger partial charge in [0.1, 0.15) is 0 Å². The van der Waals surface area contributed by atoms with Gasteiger partial charge in [-0.3, -0.25) is 9.89 Å². The molecule has 2 N–H and O–H groups in total. The fourth-order valence-electron chi connectivity index (χ4n) is 2.62. The van der Waals surface area contributed by atoms with Crippen molar-refractivity contribution in [3.8, 4) is 5.69 Å². The number of nitrogens with zero attached hydrogens (tertiary/aromatic N) is 4. The summed E-state index contributed by atoms with van der Waals surface area (Å²) in [7, 11) is 0. The maximum Gasteiger partial charge on any atom is 0.253 e. The summed E-state index contributed by atoms with van der Waals surface area (Å²) in [5, 5.41) is 14.9. The van der Waals surface area contributed by atoms with E-state index in [0.29, 0.717) is 17.8 Å². The lowest BCUT2D eigenvalue weighted by Crippen LogP contribution is -2.22. The number of hydrogen-bond acceptors (Lipinski definition) is 4. The van der Waals surface area contributed by atoms with Crippen LogP contribution in [0, 0.1) is 6.92 Å². The first-order chi connectivity index (χ1) is 12.2. The number of hydrogen-bond donors (Lipinski definition) is 2. The summed E-state index contributed by atoms with van der Waals surface area (Å²) in [6, 6.07) is 11.6. The Hall–Kier alpha value is -3.48. The molecule has 0 aliphatic heterocycles. The van der Waals surface area contributed by atoms with Gasteiger partial charge in [-0.25, -0.2) is 9.67 Å². The summed E-state index contributed by atoms with van der Waals surface area (Å²) >= 11 is 0. The van der Waals surface area contributed by atoms with Crippen LogP contribution in [0.3, 0.4) is 0 Å². The summed E-state index contributed by atoms with van der Waals surface area (Å²) in [4.78, 5) is 16.6. The van der Waals surface area contributed by atoms with Crippen LogP contribution >= 0.6 is 0 Å². The summed E-state index contributed by atoms with van der Waals surface area (Å²) in [6.45, 7) is 2.35. The van der Waals surface area contributed by atoms with E-state index in [0.717, 1.165) is 22.3 Å². The normalized spacial score (nSPS) is 10.9. The number of H-pyrrole nitrogens is 1. The van der Waals surface area contributed by atoms with Crippen LogP contribution in [0.1, 0.15) is 21.6 Å². The third-order valence-electron chi connectivity index (χ3n) is 4.02. The van der Waals surface area contributed by atoms with E-state index in [2.05, 4.69) is 25.6 Å². The zero-order valence-corrected chi connectivity index (χ0v) is 13.6. The fourth-order valence-corrected chi connectivity index (χ4v) is 2.62. The Morgan fingerprint density at radius 1 is 1.28 bits per heavy atom. The van der Waals surface area contributed by atoms with Gasteiger partial charge in [0.25, 0.3) is 5.91 Å². The molecule has 1 aromatic carbocycles. The summed E-state index contributed by atoms with van der Waals surface area (Å²) < 4.78 is 1.79. The summed E-state index contributed by atoms with van der Waals surface area (Å²) in [6.07, 6.45) is 5.16. The predicted molar refractivity (Wildman–Crippen MR) is 93.4 cm³/mol. The molecule has 124 valence electrons. The van der Waals surface area contributed by atoms with Crippen molar-refractivity contribution in [3.05, 3.63) is 71.8 Å². The highest BCUT2D eigenvalue weighted by Gasteiger charge is 2.10. The Bertz CT molecular complexity index is 1020. The number of aromatic nitrogens is 5. The van der Waals surface area contributed by atoms with E-state index in [1.54, 1.807) is 23.1 Å². The van der Waals surface area contributed by atoms with Gasteiger partial charge in [-0.2, -0.15) is 10.2 Å². The Balaban J connectivity index is 1.44. The van der Waals surface area contributed by atoms with Crippen LogP contribution in [-0.4, -0.2) is 30.9 Å². The summed E-state index contributed by atoms with van der Waals surface area (Å²) in [5.41, 5.74) is 4.02. The number of nitrogens with one attached hydrogen (secondary N) is 2. The minimum absolute atomic E-state index is 0.161. The number of rotatable bonds is 4. The van der Waals surface area contributed by atoms with Crippen LogP contribution in [-0.2, 0) is 6.54 Å². The van der Waals surface area contributed by atoms with E-state index in [1.165, 1.54) is 0 Å². The number of carbonyl (C=O) groups is 1. The van der Waals surface area contributed by atoms with Gasteiger partial charge in [-0.15, -0.1) is 0 Å². The lowest BCUT2D eigenvalue weighted by atomic mass is 10.1. The molecular weight excluding hydrogens is 316 g/mol. The Morgan fingerprint density at radius 3 is 2.88 bits per heavy atom. The molecule has 0 radical (unpaired) electrons. The Morgan fingerprint density at radius 2 is 2.12 bits per heavy atom. The molecule has 3 aromatic heterocycles. The second-order valence-electron chi connectivity index (χ2n) is 5.74. The highest BCUT2D eigenvalue weighted by atomic mass is 16.1.